The van der Waals surface area contributed by atoms with Gasteiger partial charge in [-0.1, -0.05) is 41.0 Å². The first-order valence-corrected chi connectivity index (χ1v) is 14.0. The van der Waals surface area contributed by atoms with Gasteiger partial charge in [0.2, 0.25) is 0 Å². The predicted octanol–water partition coefficient (Wildman–Crippen LogP) is 8.27. The molecule has 0 unspecified atom stereocenters. The van der Waals surface area contributed by atoms with Crippen LogP contribution in [0.3, 0.4) is 0 Å². The van der Waals surface area contributed by atoms with E-state index in [1.54, 1.807) is 0 Å². The summed E-state index contributed by atoms with van der Waals surface area (Å²) >= 11 is 0. The molecule has 0 spiro atoms. The third-order valence-corrected chi connectivity index (χ3v) is 14.0. The van der Waals surface area contributed by atoms with E-state index < -0.39 is 0 Å². The summed E-state index contributed by atoms with van der Waals surface area (Å²) in [5.74, 6) is 4.53. The summed E-state index contributed by atoms with van der Waals surface area (Å²) in [5, 5.41) is 0. The van der Waals surface area contributed by atoms with Crippen molar-refractivity contribution in [2.45, 2.75) is 125 Å². The van der Waals surface area contributed by atoms with Crippen LogP contribution in [0.25, 0.3) is 0 Å². The standard InChI is InChI=1S/C30H50O/c1-25(2)14-8-15-27(5)22(25)13-17-28(6)23(27)9-10-24-29(28,7)16-11-21-20-12-18-30(21,24)19-31-26(20,3)4/h20-24H,8-19H2,1-7H3/t20-,21-,22-,23+,24-,27-,28+,29+,30+/m0/s1. The van der Waals surface area contributed by atoms with Crippen LogP contribution in [-0.2, 0) is 4.74 Å². The molecule has 31 heavy (non-hydrogen) atoms. The summed E-state index contributed by atoms with van der Waals surface area (Å²) in [4.78, 5) is 0. The van der Waals surface area contributed by atoms with Crippen LogP contribution >= 0.6 is 0 Å². The molecule has 0 N–H and O–H groups in total. The van der Waals surface area contributed by atoms with Gasteiger partial charge in [0.1, 0.15) is 0 Å². The van der Waals surface area contributed by atoms with Crippen molar-refractivity contribution in [1.82, 2.24) is 0 Å². The Balaban J connectivity index is 1.39. The molecule has 0 aromatic carbocycles. The second kappa shape index (κ2) is 6.14. The zero-order valence-corrected chi connectivity index (χ0v) is 21.8. The SMILES string of the molecule is CC1(C)CCC[C@]2(C)[C@H]3CC[C@@H]4[C@@]56CC[C@@H]([C@@H]5CC[C@@]4(C)[C@]3(C)CC[C@@H]12)C(C)(C)OC6. The first-order chi connectivity index (χ1) is 14.4. The normalized spacial score (nSPS) is 59.1. The van der Waals surface area contributed by atoms with Crippen LogP contribution in [0.2, 0.25) is 0 Å². The minimum Gasteiger partial charge on any atom is -0.375 e. The summed E-state index contributed by atoms with van der Waals surface area (Å²) in [7, 11) is 0. The summed E-state index contributed by atoms with van der Waals surface area (Å²) < 4.78 is 6.71. The third-order valence-electron chi connectivity index (χ3n) is 14.0. The fourth-order valence-electron chi connectivity index (χ4n) is 12.5. The molecule has 5 aliphatic carbocycles. The molecule has 0 radical (unpaired) electrons. The minimum absolute atomic E-state index is 0.110. The summed E-state index contributed by atoms with van der Waals surface area (Å²) in [6.07, 6.45) is 16.2. The molecule has 1 aliphatic heterocycles. The summed E-state index contributed by atoms with van der Waals surface area (Å²) in [6.45, 7) is 19.4. The fraction of sp³-hybridized carbons (Fsp3) is 1.00. The highest BCUT2D eigenvalue weighted by Crippen LogP contribution is 2.78. The lowest BCUT2D eigenvalue weighted by atomic mass is 9.31. The largest absolute Gasteiger partial charge is 0.375 e. The van der Waals surface area contributed by atoms with E-state index in [1.165, 1.54) is 70.6 Å². The second-order valence-corrected chi connectivity index (χ2v) is 15.4. The van der Waals surface area contributed by atoms with Gasteiger partial charge in [-0.3, -0.25) is 0 Å². The Morgan fingerprint density at radius 1 is 0.581 bits per heavy atom. The van der Waals surface area contributed by atoms with Gasteiger partial charge in [-0.15, -0.1) is 0 Å². The van der Waals surface area contributed by atoms with Gasteiger partial charge in [0.05, 0.1) is 12.2 Å². The number of rotatable bonds is 0. The molecule has 6 fully saturated rings. The highest BCUT2D eigenvalue weighted by molar-refractivity contribution is 5.21. The Bertz CT molecular complexity index is 766. The van der Waals surface area contributed by atoms with Crippen LogP contribution < -0.4 is 0 Å². The topological polar surface area (TPSA) is 9.23 Å². The van der Waals surface area contributed by atoms with Gasteiger partial charge in [-0.2, -0.15) is 0 Å². The zero-order valence-electron chi connectivity index (χ0n) is 21.8. The van der Waals surface area contributed by atoms with Crippen LogP contribution in [0.5, 0.6) is 0 Å². The maximum Gasteiger partial charge on any atom is 0.0657 e. The average molecular weight is 427 g/mol. The molecular formula is C30H50O. The minimum atomic E-state index is 0.110. The van der Waals surface area contributed by atoms with E-state index in [-0.39, 0.29) is 5.60 Å². The lowest BCUT2D eigenvalue weighted by Gasteiger charge is -2.73. The molecule has 6 rings (SSSR count). The van der Waals surface area contributed by atoms with Crippen molar-refractivity contribution < 1.29 is 4.74 Å². The highest BCUT2D eigenvalue weighted by atomic mass is 16.5. The lowest BCUT2D eigenvalue weighted by molar-refractivity contribution is -0.272. The van der Waals surface area contributed by atoms with Gasteiger partial charge in [0, 0.05) is 5.41 Å². The van der Waals surface area contributed by atoms with Gasteiger partial charge < -0.3 is 4.74 Å². The molecule has 1 heteroatoms. The number of hydrogen-bond acceptors (Lipinski definition) is 1. The fourth-order valence-corrected chi connectivity index (χ4v) is 12.5. The van der Waals surface area contributed by atoms with Crippen LogP contribution in [0.1, 0.15) is 119 Å². The molecule has 1 saturated heterocycles. The van der Waals surface area contributed by atoms with E-state index in [1.807, 2.05) is 0 Å². The van der Waals surface area contributed by atoms with Gasteiger partial charge >= 0.3 is 0 Å². The number of fused-ring (bicyclic) bond motifs is 5. The van der Waals surface area contributed by atoms with Crippen molar-refractivity contribution in [3.8, 4) is 0 Å². The quantitative estimate of drug-likeness (QED) is 0.379. The molecule has 0 aromatic heterocycles. The van der Waals surface area contributed by atoms with E-state index >= 15 is 0 Å². The van der Waals surface area contributed by atoms with Crippen molar-refractivity contribution in [1.29, 1.82) is 0 Å². The predicted molar refractivity (Wildman–Crippen MR) is 129 cm³/mol. The Morgan fingerprint density at radius 2 is 1.23 bits per heavy atom. The Hall–Kier alpha value is -0.0400. The Labute approximate surface area is 192 Å². The van der Waals surface area contributed by atoms with E-state index in [0.717, 1.165) is 36.2 Å². The van der Waals surface area contributed by atoms with E-state index in [4.69, 9.17) is 4.74 Å². The molecule has 6 aliphatic rings. The Morgan fingerprint density at radius 3 is 2.00 bits per heavy atom. The second-order valence-electron chi connectivity index (χ2n) is 15.4. The Kier molecular flexibility index (Phi) is 4.26. The molecule has 0 aromatic rings. The molecule has 1 heterocycles. The molecule has 5 saturated carbocycles. The first-order valence-electron chi connectivity index (χ1n) is 14.0. The van der Waals surface area contributed by atoms with Crippen molar-refractivity contribution in [2.24, 2.45) is 56.7 Å². The number of hydrogen-bond donors (Lipinski definition) is 0. The molecular weight excluding hydrogens is 376 g/mol. The average Bonchev–Trinajstić information content (AvgIpc) is 3.00. The van der Waals surface area contributed by atoms with Crippen molar-refractivity contribution >= 4 is 0 Å². The van der Waals surface area contributed by atoms with Crippen molar-refractivity contribution in [3.63, 3.8) is 0 Å². The smallest absolute Gasteiger partial charge is 0.0657 e. The number of ether oxygens (including phenoxy) is 1. The van der Waals surface area contributed by atoms with Gasteiger partial charge in [-0.25, -0.2) is 0 Å². The monoisotopic (exact) mass is 426 g/mol. The molecule has 0 amide bonds. The molecule has 1 nitrogen and oxygen atoms in total. The van der Waals surface area contributed by atoms with Crippen molar-refractivity contribution in [3.05, 3.63) is 0 Å². The van der Waals surface area contributed by atoms with E-state index in [2.05, 4.69) is 48.5 Å². The zero-order chi connectivity index (χ0) is 22.1. The van der Waals surface area contributed by atoms with E-state index in [0.29, 0.717) is 27.1 Å². The van der Waals surface area contributed by atoms with Crippen LogP contribution in [0.15, 0.2) is 0 Å². The molecule has 9 atom stereocenters. The lowest BCUT2D eigenvalue weighted by Crippen LogP contribution is -2.68. The van der Waals surface area contributed by atoms with Crippen molar-refractivity contribution in [2.75, 3.05) is 6.61 Å². The van der Waals surface area contributed by atoms with Gasteiger partial charge in [-0.05, 0) is 129 Å². The molecule has 176 valence electrons. The highest BCUT2D eigenvalue weighted by Gasteiger charge is 2.72. The summed E-state index contributed by atoms with van der Waals surface area (Å²) in [6, 6.07) is 0. The van der Waals surface area contributed by atoms with Crippen LogP contribution in [0, 0.1) is 56.7 Å². The maximum atomic E-state index is 6.71. The third kappa shape index (κ3) is 2.39. The maximum absolute atomic E-state index is 6.71. The van der Waals surface area contributed by atoms with Gasteiger partial charge in [0.15, 0.2) is 0 Å². The summed E-state index contributed by atoms with van der Waals surface area (Å²) in [5.41, 5.74) is 2.77. The van der Waals surface area contributed by atoms with E-state index in [9.17, 15) is 0 Å². The van der Waals surface area contributed by atoms with Crippen LogP contribution in [-0.4, -0.2) is 12.2 Å². The first kappa shape index (κ1) is 21.5. The molecule has 2 bridgehead atoms. The van der Waals surface area contributed by atoms with Crippen LogP contribution in [0.4, 0.5) is 0 Å². The van der Waals surface area contributed by atoms with Gasteiger partial charge in [0.25, 0.3) is 0 Å².